The molecule has 4 heterocycles. The summed E-state index contributed by atoms with van der Waals surface area (Å²) in [5, 5.41) is 7.13. The maximum absolute atomic E-state index is 5.54. The Balaban J connectivity index is 1.49. The van der Waals surface area contributed by atoms with Crippen molar-refractivity contribution >= 4 is 16.5 Å². The Morgan fingerprint density at radius 3 is 3.16 bits per heavy atom. The highest BCUT2D eigenvalue weighted by Crippen LogP contribution is 2.36. The maximum Gasteiger partial charge on any atom is 0.249 e. The number of nitrogens with zero attached hydrogens (tertiary/aromatic N) is 5. The van der Waals surface area contributed by atoms with Crippen LogP contribution in [0.2, 0.25) is 0 Å². The number of rotatable bonds is 6. The summed E-state index contributed by atoms with van der Waals surface area (Å²) in [6.45, 7) is 3.50. The fraction of sp³-hybridized carbons (Fsp3) is 0.412. The van der Waals surface area contributed by atoms with Crippen LogP contribution in [-0.2, 0) is 6.42 Å². The van der Waals surface area contributed by atoms with Crippen LogP contribution in [0.5, 0.6) is 5.88 Å². The summed E-state index contributed by atoms with van der Waals surface area (Å²) in [4.78, 5) is 15.7. The first-order valence-corrected chi connectivity index (χ1v) is 9.29. The largest absolute Gasteiger partial charge is 0.478 e. The molecule has 0 aliphatic carbocycles. The van der Waals surface area contributed by atoms with Crippen molar-refractivity contribution in [2.75, 3.05) is 18.1 Å². The lowest BCUT2D eigenvalue weighted by atomic mass is 10.2. The summed E-state index contributed by atoms with van der Waals surface area (Å²) >= 11 is 1.64. The van der Waals surface area contributed by atoms with Gasteiger partial charge in [-0.05, 0) is 25.8 Å². The lowest BCUT2D eigenvalue weighted by Crippen LogP contribution is -2.22. The molecule has 25 heavy (non-hydrogen) atoms. The highest BCUT2D eigenvalue weighted by atomic mass is 32.1. The molecule has 3 aromatic heterocycles. The predicted octanol–water partition coefficient (Wildman–Crippen LogP) is 3.25. The molecular formula is C17H19N5O2S. The highest BCUT2D eigenvalue weighted by molar-refractivity contribution is 7.13. The number of pyridine rings is 1. The molecule has 0 aromatic carbocycles. The molecule has 0 unspecified atom stereocenters. The smallest absolute Gasteiger partial charge is 0.249 e. The van der Waals surface area contributed by atoms with Gasteiger partial charge >= 0.3 is 0 Å². The van der Waals surface area contributed by atoms with E-state index in [1.54, 1.807) is 11.3 Å². The van der Waals surface area contributed by atoms with Gasteiger partial charge in [0.1, 0.15) is 6.04 Å². The zero-order valence-corrected chi connectivity index (χ0v) is 14.8. The monoisotopic (exact) mass is 357 g/mol. The van der Waals surface area contributed by atoms with E-state index in [0.29, 0.717) is 30.6 Å². The summed E-state index contributed by atoms with van der Waals surface area (Å²) in [6.07, 6.45) is 4.44. The molecule has 0 saturated carbocycles. The molecule has 0 amide bonds. The van der Waals surface area contributed by atoms with E-state index < -0.39 is 0 Å². The molecule has 1 atom stereocenters. The fourth-order valence-corrected chi connectivity index (χ4v) is 3.75. The van der Waals surface area contributed by atoms with E-state index in [2.05, 4.69) is 25.0 Å². The minimum Gasteiger partial charge on any atom is -0.478 e. The number of ether oxygens (including phenoxy) is 1. The minimum absolute atomic E-state index is 0.107. The van der Waals surface area contributed by atoms with Gasteiger partial charge in [0.15, 0.2) is 11.0 Å². The molecule has 1 saturated heterocycles. The molecule has 7 nitrogen and oxygen atoms in total. The average molecular weight is 357 g/mol. The van der Waals surface area contributed by atoms with Crippen molar-refractivity contribution in [3.8, 4) is 5.88 Å². The van der Waals surface area contributed by atoms with Gasteiger partial charge in [-0.3, -0.25) is 0 Å². The van der Waals surface area contributed by atoms with Gasteiger partial charge in [-0.2, -0.15) is 4.98 Å². The number of hydrogen-bond donors (Lipinski definition) is 0. The molecule has 0 radical (unpaired) electrons. The number of aromatic nitrogens is 4. The van der Waals surface area contributed by atoms with Crippen LogP contribution >= 0.6 is 11.3 Å². The van der Waals surface area contributed by atoms with Crippen molar-refractivity contribution in [2.24, 2.45) is 0 Å². The molecule has 3 aromatic rings. The topological polar surface area (TPSA) is 77.2 Å². The molecule has 8 heteroatoms. The maximum atomic E-state index is 5.54. The predicted molar refractivity (Wildman–Crippen MR) is 93.9 cm³/mol. The van der Waals surface area contributed by atoms with Crippen molar-refractivity contribution in [1.82, 2.24) is 20.1 Å². The summed E-state index contributed by atoms with van der Waals surface area (Å²) < 4.78 is 11.0. The van der Waals surface area contributed by atoms with E-state index in [0.717, 1.165) is 30.2 Å². The quantitative estimate of drug-likeness (QED) is 0.670. The van der Waals surface area contributed by atoms with E-state index in [9.17, 15) is 0 Å². The Morgan fingerprint density at radius 2 is 2.32 bits per heavy atom. The second-order valence-electron chi connectivity index (χ2n) is 5.79. The van der Waals surface area contributed by atoms with Crippen LogP contribution < -0.4 is 9.64 Å². The Bertz CT molecular complexity index is 820. The third kappa shape index (κ3) is 3.48. The van der Waals surface area contributed by atoms with E-state index in [4.69, 9.17) is 9.26 Å². The number of anilines is 1. The van der Waals surface area contributed by atoms with Crippen LogP contribution in [0.4, 0.5) is 5.13 Å². The van der Waals surface area contributed by atoms with Gasteiger partial charge in [0.2, 0.25) is 11.8 Å². The van der Waals surface area contributed by atoms with Crippen LogP contribution in [0.1, 0.15) is 43.2 Å². The Hall–Kier alpha value is -2.48. The Labute approximate surface area is 149 Å². The molecule has 0 spiro atoms. The van der Waals surface area contributed by atoms with E-state index in [1.807, 2.05) is 36.7 Å². The molecule has 1 aliphatic rings. The fourth-order valence-electron chi connectivity index (χ4n) is 3.03. The molecular weight excluding hydrogens is 338 g/mol. The molecule has 0 N–H and O–H groups in total. The van der Waals surface area contributed by atoms with Crippen molar-refractivity contribution < 1.29 is 9.26 Å². The first kappa shape index (κ1) is 16.0. The summed E-state index contributed by atoms with van der Waals surface area (Å²) in [7, 11) is 0. The van der Waals surface area contributed by atoms with Crippen molar-refractivity contribution in [3.63, 3.8) is 0 Å². The molecule has 1 aliphatic heterocycles. The van der Waals surface area contributed by atoms with Crippen LogP contribution in [0.3, 0.4) is 0 Å². The minimum atomic E-state index is 0.107. The van der Waals surface area contributed by atoms with Gasteiger partial charge in [0.25, 0.3) is 0 Å². The molecule has 1 fully saturated rings. The lowest BCUT2D eigenvalue weighted by Gasteiger charge is -2.20. The highest BCUT2D eigenvalue weighted by Gasteiger charge is 2.32. The van der Waals surface area contributed by atoms with Crippen LogP contribution in [0.15, 0.2) is 34.3 Å². The van der Waals surface area contributed by atoms with Gasteiger partial charge in [0.05, 0.1) is 18.7 Å². The Morgan fingerprint density at radius 1 is 1.36 bits per heavy atom. The number of thiazole rings is 1. The SMILES string of the molecule is CCOc1cccc(Cc2noc([C@@H]3CCCN3c3nccs3)n2)n1. The first-order chi connectivity index (χ1) is 12.3. The zero-order valence-electron chi connectivity index (χ0n) is 14.0. The first-order valence-electron chi connectivity index (χ1n) is 8.41. The van der Waals surface area contributed by atoms with E-state index >= 15 is 0 Å². The van der Waals surface area contributed by atoms with Gasteiger partial charge in [-0.15, -0.1) is 11.3 Å². The zero-order chi connectivity index (χ0) is 17.1. The molecule has 0 bridgehead atoms. The summed E-state index contributed by atoms with van der Waals surface area (Å²) in [5.41, 5.74) is 0.863. The van der Waals surface area contributed by atoms with Crippen molar-refractivity contribution in [3.05, 3.63) is 47.2 Å². The van der Waals surface area contributed by atoms with Crippen LogP contribution in [0.25, 0.3) is 0 Å². The number of hydrogen-bond acceptors (Lipinski definition) is 8. The van der Waals surface area contributed by atoms with E-state index in [1.165, 1.54) is 0 Å². The second-order valence-corrected chi connectivity index (χ2v) is 6.66. The van der Waals surface area contributed by atoms with Gasteiger partial charge < -0.3 is 14.2 Å². The standard InChI is InChI=1S/C17H19N5O2S/c1-2-23-15-7-3-5-12(19-15)11-14-20-16(24-21-14)13-6-4-9-22(13)17-18-8-10-25-17/h3,5,7-8,10,13H,2,4,6,9,11H2,1H3/t13-/m0/s1. The van der Waals surface area contributed by atoms with Gasteiger partial charge in [0, 0.05) is 24.2 Å². The molecule has 130 valence electrons. The van der Waals surface area contributed by atoms with Crippen molar-refractivity contribution in [1.29, 1.82) is 0 Å². The summed E-state index contributed by atoms with van der Waals surface area (Å²) in [5.74, 6) is 1.92. The summed E-state index contributed by atoms with van der Waals surface area (Å²) in [6, 6.07) is 5.82. The third-order valence-corrected chi connectivity index (χ3v) is 4.91. The lowest BCUT2D eigenvalue weighted by molar-refractivity contribution is 0.326. The molecule has 4 rings (SSSR count). The van der Waals surface area contributed by atoms with Crippen LogP contribution in [0, 0.1) is 0 Å². The van der Waals surface area contributed by atoms with Gasteiger partial charge in [-0.25, -0.2) is 9.97 Å². The average Bonchev–Trinajstić information content (AvgIpc) is 3.36. The van der Waals surface area contributed by atoms with E-state index in [-0.39, 0.29) is 6.04 Å². The third-order valence-electron chi connectivity index (χ3n) is 4.10. The van der Waals surface area contributed by atoms with Crippen molar-refractivity contribution in [2.45, 2.75) is 32.2 Å². The van der Waals surface area contributed by atoms with Crippen LogP contribution in [-0.4, -0.2) is 33.3 Å². The van der Waals surface area contributed by atoms with Gasteiger partial charge in [-0.1, -0.05) is 11.2 Å². The second kappa shape index (κ2) is 7.18. The Kier molecular flexibility index (Phi) is 4.60. The normalized spacial score (nSPS) is 17.2.